The Morgan fingerprint density at radius 3 is 2.30 bits per heavy atom. The molecule has 1 amide bonds. The molecule has 3 heteroatoms. The van der Waals surface area contributed by atoms with Crippen molar-refractivity contribution in [3.05, 3.63) is 6.42 Å². The van der Waals surface area contributed by atoms with Crippen LogP contribution in [-0.4, -0.2) is 29.7 Å². The minimum absolute atomic E-state index is 0.173. The number of hydrogen-bond donors (Lipinski definition) is 0. The summed E-state index contributed by atoms with van der Waals surface area (Å²) < 4.78 is 5.46. The van der Waals surface area contributed by atoms with Gasteiger partial charge in [0.05, 0.1) is 0 Å². The molecule has 0 aliphatic heterocycles. The van der Waals surface area contributed by atoms with Gasteiger partial charge < -0.3 is 9.64 Å². The van der Waals surface area contributed by atoms with Crippen LogP contribution in [0.5, 0.6) is 0 Å². The van der Waals surface area contributed by atoms with Crippen LogP contribution in [-0.2, 0) is 4.74 Å². The molecule has 1 atom stereocenters. The van der Waals surface area contributed by atoms with Gasteiger partial charge in [0.15, 0.2) is 0 Å². The van der Waals surface area contributed by atoms with Crippen LogP contribution in [0.4, 0.5) is 4.79 Å². The Labute approximate surface area is 124 Å². The molecule has 20 heavy (non-hydrogen) atoms. The number of nitrogens with zero attached hydrogens (tertiary/aromatic N) is 1. The van der Waals surface area contributed by atoms with Gasteiger partial charge in [-0.2, -0.15) is 0 Å². The zero-order chi connectivity index (χ0) is 14.8. The monoisotopic (exact) mass is 280 g/mol. The summed E-state index contributed by atoms with van der Waals surface area (Å²) >= 11 is 0. The zero-order valence-electron chi connectivity index (χ0n) is 13.5. The lowest BCUT2D eigenvalue weighted by atomic mass is 9.77. The Hall–Kier alpha value is -0.730. The minimum atomic E-state index is -0.401. The molecule has 0 aromatic heterocycles. The molecule has 2 aliphatic carbocycles. The van der Waals surface area contributed by atoms with Crippen LogP contribution in [0.1, 0.15) is 65.7 Å². The number of rotatable bonds is 2. The van der Waals surface area contributed by atoms with Crippen molar-refractivity contribution in [3.8, 4) is 0 Å². The van der Waals surface area contributed by atoms with Crippen molar-refractivity contribution in [2.75, 3.05) is 7.05 Å². The van der Waals surface area contributed by atoms with Gasteiger partial charge in [-0.3, -0.25) is 0 Å². The second-order valence-electron chi connectivity index (χ2n) is 7.49. The number of hydrogen-bond acceptors (Lipinski definition) is 2. The molecule has 115 valence electrons. The fourth-order valence-electron chi connectivity index (χ4n) is 3.63. The lowest BCUT2D eigenvalue weighted by Gasteiger charge is -2.37. The first-order chi connectivity index (χ1) is 9.37. The molecule has 0 saturated heterocycles. The third-order valence-corrected chi connectivity index (χ3v) is 4.79. The van der Waals surface area contributed by atoms with Crippen LogP contribution in [0.3, 0.4) is 0 Å². The van der Waals surface area contributed by atoms with Crippen molar-refractivity contribution in [1.29, 1.82) is 0 Å². The fourth-order valence-corrected chi connectivity index (χ4v) is 3.63. The highest BCUT2D eigenvalue weighted by molar-refractivity contribution is 5.68. The van der Waals surface area contributed by atoms with E-state index in [1.807, 2.05) is 32.7 Å². The smallest absolute Gasteiger partial charge is 0.410 e. The van der Waals surface area contributed by atoms with Gasteiger partial charge in [-0.15, -0.1) is 0 Å². The summed E-state index contributed by atoms with van der Waals surface area (Å²) in [6, 6.07) is 0.363. The standard InChI is InChI=1S/C17H30NO2/c1-17(2,3)20-16(19)18(4)15-11-9-14(10-12-15)13-7-5-6-8-13/h7,13-15H,5-6,8-12H2,1-4H3/t13-,14-,15-/m1/s1. The number of carbonyl (C=O) groups is 1. The maximum absolute atomic E-state index is 12.1. The highest BCUT2D eigenvalue weighted by atomic mass is 16.6. The first kappa shape index (κ1) is 15.7. The normalized spacial score (nSPS) is 28.4. The average molecular weight is 280 g/mol. The van der Waals surface area contributed by atoms with Crippen LogP contribution < -0.4 is 0 Å². The van der Waals surface area contributed by atoms with Gasteiger partial charge in [0.25, 0.3) is 0 Å². The predicted octanol–water partition coefficient (Wildman–Crippen LogP) is 4.42. The maximum Gasteiger partial charge on any atom is 0.410 e. The van der Waals surface area contributed by atoms with Gasteiger partial charge in [0.1, 0.15) is 5.60 Å². The van der Waals surface area contributed by atoms with Crippen molar-refractivity contribution < 1.29 is 9.53 Å². The van der Waals surface area contributed by atoms with E-state index in [0.29, 0.717) is 6.04 Å². The minimum Gasteiger partial charge on any atom is -0.444 e. The largest absolute Gasteiger partial charge is 0.444 e. The Morgan fingerprint density at radius 1 is 1.15 bits per heavy atom. The second-order valence-corrected chi connectivity index (χ2v) is 7.49. The van der Waals surface area contributed by atoms with E-state index in [1.54, 1.807) is 0 Å². The number of amides is 1. The third-order valence-electron chi connectivity index (χ3n) is 4.79. The third kappa shape index (κ3) is 4.13. The molecule has 0 spiro atoms. The van der Waals surface area contributed by atoms with Crippen molar-refractivity contribution >= 4 is 6.09 Å². The van der Waals surface area contributed by atoms with Crippen molar-refractivity contribution in [2.24, 2.45) is 11.8 Å². The van der Waals surface area contributed by atoms with E-state index in [1.165, 1.54) is 32.1 Å². The molecule has 0 N–H and O–H groups in total. The molecule has 2 fully saturated rings. The molecule has 2 rings (SSSR count). The lowest BCUT2D eigenvalue weighted by Crippen LogP contribution is -2.42. The van der Waals surface area contributed by atoms with E-state index in [9.17, 15) is 4.79 Å². The number of carbonyl (C=O) groups excluding carboxylic acids is 1. The molecule has 0 unspecified atom stereocenters. The first-order valence-electron chi connectivity index (χ1n) is 8.16. The molecule has 0 bridgehead atoms. The second kappa shape index (κ2) is 6.36. The molecule has 0 aromatic rings. The molecule has 3 nitrogen and oxygen atoms in total. The van der Waals surface area contributed by atoms with E-state index < -0.39 is 5.60 Å². The molecule has 1 radical (unpaired) electrons. The Balaban J connectivity index is 1.79. The van der Waals surface area contributed by atoms with Crippen molar-refractivity contribution in [2.45, 2.75) is 77.4 Å². The molecule has 2 saturated carbocycles. The Bertz CT molecular complexity index is 320. The molecular weight excluding hydrogens is 250 g/mol. The molecule has 0 aromatic carbocycles. The van der Waals surface area contributed by atoms with Crippen molar-refractivity contribution in [1.82, 2.24) is 4.90 Å². The van der Waals surface area contributed by atoms with E-state index in [0.717, 1.165) is 24.7 Å². The molecule has 2 aliphatic rings. The Morgan fingerprint density at radius 2 is 1.80 bits per heavy atom. The first-order valence-corrected chi connectivity index (χ1v) is 8.16. The molecular formula is C17H30NO2. The summed E-state index contributed by atoms with van der Waals surface area (Å²) in [5.74, 6) is 1.71. The fraction of sp³-hybridized carbons (Fsp3) is 0.882. The summed E-state index contributed by atoms with van der Waals surface area (Å²) in [6.45, 7) is 5.77. The van der Waals surface area contributed by atoms with Crippen molar-refractivity contribution in [3.63, 3.8) is 0 Å². The van der Waals surface area contributed by atoms with Gasteiger partial charge in [0, 0.05) is 13.1 Å². The lowest BCUT2D eigenvalue weighted by molar-refractivity contribution is 0.0163. The van der Waals surface area contributed by atoms with E-state index in [2.05, 4.69) is 6.42 Å². The van der Waals surface area contributed by atoms with Gasteiger partial charge in [-0.25, -0.2) is 4.79 Å². The average Bonchev–Trinajstić information content (AvgIpc) is 2.90. The Kier molecular flexibility index (Phi) is 4.98. The predicted molar refractivity (Wildman–Crippen MR) is 81.4 cm³/mol. The van der Waals surface area contributed by atoms with Crippen LogP contribution in [0.15, 0.2) is 0 Å². The van der Waals surface area contributed by atoms with E-state index in [-0.39, 0.29) is 6.09 Å². The summed E-state index contributed by atoms with van der Waals surface area (Å²) in [7, 11) is 1.89. The zero-order valence-corrected chi connectivity index (χ0v) is 13.5. The summed E-state index contributed by atoms with van der Waals surface area (Å²) in [5.41, 5.74) is -0.401. The summed E-state index contributed by atoms with van der Waals surface area (Å²) in [6.07, 6.45) is 11.2. The topological polar surface area (TPSA) is 29.5 Å². The van der Waals surface area contributed by atoms with E-state index >= 15 is 0 Å². The summed E-state index contributed by atoms with van der Waals surface area (Å²) in [5, 5.41) is 0. The highest BCUT2D eigenvalue weighted by Gasteiger charge is 2.33. The SMILES string of the molecule is CN(C(=O)OC(C)(C)C)[C@H]1CC[C@H]([C@@H]2[CH]CCC2)CC1. The van der Waals surface area contributed by atoms with Crippen LogP contribution >= 0.6 is 0 Å². The van der Waals surface area contributed by atoms with Gasteiger partial charge in [-0.05, 0) is 77.6 Å². The van der Waals surface area contributed by atoms with E-state index in [4.69, 9.17) is 4.74 Å². The van der Waals surface area contributed by atoms with Crippen LogP contribution in [0, 0.1) is 18.3 Å². The highest BCUT2D eigenvalue weighted by Crippen LogP contribution is 2.39. The summed E-state index contributed by atoms with van der Waals surface area (Å²) in [4.78, 5) is 13.9. The van der Waals surface area contributed by atoms with Gasteiger partial charge in [0.2, 0.25) is 0 Å². The van der Waals surface area contributed by atoms with Gasteiger partial charge >= 0.3 is 6.09 Å². The quantitative estimate of drug-likeness (QED) is 0.749. The van der Waals surface area contributed by atoms with Gasteiger partial charge in [-0.1, -0.05) is 6.42 Å². The van der Waals surface area contributed by atoms with Crippen LogP contribution in [0.25, 0.3) is 0 Å². The number of ether oxygens (including phenoxy) is 1. The molecule has 0 heterocycles. The maximum atomic E-state index is 12.1. The van der Waals surface area contributed by atoms with Crippen LogP contribution in [0.2, 0.25) is 0 Å².